The second-order valence-corrected chi connectivity index (χ2v) is 6.41. The lowest BCUT2D eigenvalue weighted by Crippen LogP contribution is -2.31. The number of aryl methyl sites for hydroxylation is 1. The van der Waals surface area contributed by atoms with E-state index >= 15 is 0 Å². The predicted molar refractivity (Wildman–Crippen MR) is 92.3 cm³/mol. The number of nitrogens with one attached hydrogen (secondary N) is 1. The first-order valence-electron chi connectivity index (χ1n) is 8.31. The highest BCUT2D eigenvalue weighted by Crippen LogP contribution is 2.22. The van der Waals surface area contributed by atoms with E-state index < -0.39 is 0 Å². The van der Waals surface area contributed by atoms with Gasteiger partial charge in [-0.25, -0.2) is 9.67 Å². The first-order valence-corrected chi connectivity index (χ1v) is 8.31. The lowest BCUT2D eigenvalue weighted by molar-refractivity contribution is 0.102. The first kappa shape index (κ1) is 15.7. The molecule has 0 unspecified atom stereocenters. The number of aromatic nitrogens is 6. The van der Waals surface area contributed by atoms with Crippen LogP contribution in [0.3, 0.4) is 0 Å². The minimum absolute atomic E-state index is 0.262. The van der Waals surface area contributed by atoms with E-state index in [0.717, 1.165) is 25.9 Å². The van der Waals surface area contributed by atoms with Gasteiger partial charge in [0.05, 0.1) is 11.6 Å². The fourth-order valence-electron chi connectivity index (χ4n) is 3.17. The van der Waals surface area contributed by atoms with Gasteiger partial charge < -0.3 is 10.2 Å². The Kier molecular flexibility index (Phi) is 3.92. The maximum Gasteiger partial charge on any atom is 0.259 e. The molecule has 0 aliphatic carbocycles. The van der Waals surface area contributed by atoms with Crippen molar-refractivity contribution >= 4 is 22.9 Å². The molecule has 0 bridgehead atoms. The number of anilines is 1. The van der Waals surface area contributed by atoms with Gasteiger partial charge in [-0.05, 0) is 39.0 Å². The summed E-state index contributed by atoms with van der Waals surface area (Å²) in [6, 6.07) is 3.85. The van der Waals surface area contributed by atoms with Crippen molar-refractivity contribution in [1.82, 2.24) is 34.7 Å². The number of nitrogens with zero attached hydrogens (tertiary/aromatic N) is 7. The Hall–Kier alpha value is -2.81. The van der Waals surface area contributed by atoms with Crippen LogP contribution in [0.2, 0.25) is 0 Å². The molecule has 0 saturated carbocycles. The van der Waals surface area contributed by atoms with Crippen molar-refractivity contribution in [3.8, 4) is 0 Å². The normalized spacial score (nSPS) is 16.4. The van der Waals surface area contributed by atoms with Crippen LogP contribution in [0.4, 0.5) is 5.82 Å². The van der Waals surface area contributed by atoms with Gasteiger partial charge in [-0.3, -0.25) is 9.48 Å². The zero-order valence-corrected chi connectivity index (χ0v) is 14.3. The van der Waals surface area contributed by atoms with Crippen molar-refractivity contribution in [2.45, 2.75) is 18.9 Å². The molecular formula is C16H20N8O. The Bertz CT molecular complexity index is 906. The zero-order valence-electron chi connectivity index (χ0n) is 14.3. The van der Waals surface area contributed by atoms with Gasteiger partial charge in [-0.1, -0.05) is 5.21 Å². The SMILES string of the molecule is CN1CCC(n2ccc(NC(=O)c3ccnc4c3nnn4C)n2)CC1. The van der Waals surface area contributed by atoms with Gasteiger partial charge in [-0.2, -0.15) is 5.10 Å². The summed E-state index contributed by atoms with van der Waals surface area (Å²) in [5.74, 6) is 0.277. The molecule has 9 heteroatoms. The molecule has 130 valence electrons. The molecule has 3 aromatic rings. The minimum Gasteiger partial charge on any atom is -0.306 e. The summed E-state index contributed by atoms with van der Waals surface area (Å²) >= 11 is 0. The van der Waals surface area contributed by atoms with Crippen LogP contribution in [-0.2, 0) is 7.05 Å². The minimum atomic E-state index is -0.262. The molecule has 1 aliphatic rings. The maximum absolute atomic E-state index is 12.6. The van der Waals surface area contributed by atoms with Crippen LogP contribution < -0.4 is 5.32 Å². The van der Waals surface area contributed by atoms with Gasteiger partial charge in [0, 0.05) is 25.5 Å². The molecule has 4 heterocycles. The lowest BCUT2D eigenvalue weighted by atomic mass is 10.1. The highest BCUT2D eigenvalue weighted by molar-refractivity contribution is 6.10. The van der Waals surface area contributed by atoms with Crippen LogP contribution in [0.1, 0.15) is 29.2 Å². The third-order valence-corrected chi connectivity index (χ3v) is 4.65. The number of hydrogen-bond acceptors (Lipinski definition) is 6. The summed E-state index contributed by atoms with van der Waals surface area (Å²) < 4.78 is 3.49. The number of piperidine rings is 1. The Morgan fingerprint density at radius 3 is 2.84 bits per heavy atom. The van der Waals surface area contributed by atoms with E-state index in [0.29, 0.717) is 28.6 Å². The molecule has 1 N–H and O–H groups in total. The predicted octanol–water partition coefficient (Wildman–Crippen LogP) is 1.08. The Morgan fingerprint density at radius 1 is 1.24 bits per heavy atom. The molecule has 0 radical (unpaired) electrons. The number of carbonyl (C=O) groups excluding carboxylic acids is 1. The Balaban J connectivity index is 1.51. The van der Waals surface area contributed by atoms with Crippen LogP contribution in [0, 0.1) is 0 Å². The highest BCUT2D eigenvalue weighted by Gasteiger charge is 2.20. The average Bonchev–Trinajstić information content (AvgIpc) is 3.23. The summed E-state index contributed by atoms with van der Waals surface area (Å²) in [5.41, 5.74) is 1.49. The van der Waals surface area contributed by atoms with Crippen molar-refractivity contribution in [3.05, 3.63) is 30.1 Å². The third-order valence-electron chi connectivity index (χ3n) is 4.65. The van der Waals surface area contributed by atoms with Gasteiger partial charge in [0.2, 0.25) is 0 Å². The maximum atomic E-state index is 12.6. The Labute approximate surface area is 144 Å². The molecule has 9 nitrogen and oxygen atoms in total. The first-order chi connectivity index (χ1) is 12.1. The average molecular weight is 340 g/mol. The highest BCUT2D eigenvalue weighted by atomic mass is 16.1. The fraction of sp³-hybridized carbons (Fsp3) is 0.438. The number of hydrogen-bond donors (Lipinski definition) is 1. The second-order valence-electron chi connectivity index (χ2n) is 6.41. The molecule has 1 saturated heterocycles. The van der Waals surface area contributed by atoms with Gasteiger partial charge in [-0.15, -0.1) is 5.10 Å². The molecule has 4 rings (SSSR count). The summed E-state index contributed by atoms with van der Waals surface area (Å²) in [6.07, 6.45) is 5.64. The van der Waals surface area contributed by atoms with Crippen molar-refractivity contribution in [3.63, 3.8) is 0 Å². The van der Waals surface area contributed by atoms with Crippen LogP contribution in [0.15, 0.2) is 24.5 Å². The van der Waals surface area contributed by atoms with Gasteiger partial charge >= 0.3 is 0 Å². The van der Waals surface area contributed by atoms with E-state index in [-0.39, 0.29) is 5.91 Å². The van der Waals surface area contributed by atoms with Gasteiger partial charge in [0.15, 0.2) is 11.5 Å². The Morgan fingerprint density at radius 2 is 2.04 bits per heavy atom. The van der Waals surface area contributed by atoms with Crippen molar-refractivity contribution in [2.24, 2.45) is 7.05 Å². The molecular weight excluding hydrogens is 320 g/mol. The van der Waals surface area contributed by atoms with E-state index in [1.165, 1.54) is 0 Å². The van der Waals surface area contributed by atoms with E-state index in [4.69, 9.17) is 0 Å². The van der Waals surface area contributed by atoms with Crippen LogP contribution >= 0.6 is 0 Å². The molecule has 0 aromatic carbocycles. The topological polar surface area (TPSA) is 93.8 Å². The third kappa shape index (κ3) is 2.98. The summed E-state index contributed by atoms with van der Waals surface area (Å²) in [7, 11) is 3.88. The van der Waals surface area contributed by atoms with E-state index in [2.05, 4.69) is 37.7 Å². The van der Waals surface area contributed by atoms with E-state index in [1.54, 1.807) is 24.0 Å². The molecule has 0 atom stereocenters. The number of fused-ring (bicyclic) bond motifs is 1. The van der Waals surface area contributed by atoms with E-state index in [1.807, 2.05) is 16.9 Å². The van der Waals surface area contributed by atoms with E-state index in [9.17, 15) is 4.79 Å². The molecule has 1 aliphatic heterocycles. The zero-order chi connectivity index (χ0) is 17.4. The number of rotatable bonds is 3. The summed E-state index contributed by atoms with van der Waals surface area (Å²) in [4.78, 5) is 19.1. The summed E-state index contributed by atoms with van der Waals surface area (Å²) in [6.45, 7) is 2.13. The fourth-order valence-corrected chi connectivity index (χ4v) is 3.17. The molecule has 3 aromatic heterocycles. The number of pyridine rings is 1. The van der Waals surface area contributed by atoms with Crippen LogP contribution in [0.5, 0.6) is 0 Å². The number of carbonyl (C=O) groups is 1. The smallest absolute Gasteiger partial charge is 0.259 e. The molecule has 1 amide bonds. The van der Waals surface area contributed by atoms with Crippen LogP contribution in [-0.4, -0.2) is 60.7 Å². The quantitative estimate of drug-likeness (QED) is 0.767. The summed E-state index contributed by atoms with van der Waals surface area (Å²) in [5, 5.41) is 15.3. The number of likely N-dealkylation sites (tertiary alicyclic amines) is 1. The lowest BCUT2D eigenvalue weighted by Gasteiger charge is -2.28. The molecule has 0 spiro atoms. The van der Waals surface area contributed by atoms with Crippen molar-refractivity contribution in [1.29, 1.82) is 0 Å². The van der Waals surface area contributed by atoms with Crippen molar-refractivity contribution < 1.29 is 4.79 Å². The standard InChI is InChI=1S/C16H20N8O/c1-22-8-4-11(5-9-22)24-10-6-13(20-24)18-16(25)12-3-7-17-15-14(12)19-21-23(15)2/h3,6-7,10-11H,4-5,8-9H2,1-2H3,(H,18,20,25). The monoisotopic (exact) mass is 340 g/mol. The molecule has 25 heavy (non-hydrogen) atoms. The van der Waals surface area contributed by atoms with Crippen molar-refractivity contribution in [2.75, 3.05) is 25.5 Å². The van der Waals surface area contributed by atoms with Gasteiger partial charge in [0.1, 0.15) is 5.52 Å². The largest absolute Gasteiger partial charge is 0.306 e. The second kappa shape index (κ2) is 6.25. The van der Waals surface area contributed by atoms with Gasteiger partial charge in [0.25, 0.3) is 5.91 Å². The number of amides is 1. The molecule has 1 fully saturated rings. The van der Waals surface area contributed by atoms with Crippen LogP contribution in [0.25, 0.3) is 11.2 Å².